The van der Waals surface area contributed by atoms with Crippen molar-refractivity contribution in [1.82, 2.24) is 19.9 Å². The van der Waals surface area contributed by atoms with Crippen molar-refractivity contribution >= 4 is 46.0 Å². The van der Waals surface area contributed by atoms with Gasteiger partial charge in [-0.05, 0) is 30.3 Å². The molecule has 0 aliphatic rings. The van der Waals surface area contributed by atoms with Crippen molar-refractivity contribution in [3.05, 3.63) is 59.4 Å². The molecule has 4 aromatic rings. The predicted octanol–water partition coefficient (Wildman–Crippen LogP) is 3.79. The molecule has 0 spiro atoms. The standard InChI is InChI=1S/C18H13ClFN7/c19-9-5-6-12(20)11(7-9)15-8-14(10-3-1-2-4-13(10)23-15)24-18-26-16(21)25-17(22)27-18/h1-8H,(H5,21,22,23,24,25,26,27). The average Bonchev–Trinajstić information content (AvgIpc) is 2.63. The molecule has 0 saturated carbocycles. The van der Waals surface area contributed by atoms with Gasteiger partial charge in [-0.1, -0.05) is 29.8 Å². The van der Waals surface area contributed by atoms with Crippen molar-refractivity contribution in [2.45, 2.75) is 0 Å². The van der Waals surface area contributed by atoms with E-state index in [9.17, 15) is 4.39 Å². The molecular weight excluding hydrogens is 369 g/mol. The summed E-state index contributed by atoms with van der Waals surface area (Å²) in [6, 6.07) is 13.4. The molecule has 5 N–H and O–H groups in total. The third kappa shape index (κ3) is 3.42. The maximum absolute atomic E-state index is 14.3. The number of pyridine rings is 1. The van der Waals surface area contributed by atoms with Crippen LogP contribution >= 0.6 is 11.6 Å². The zero-order valence-electron chi connectivity index (χ0n) is 13.8. The molecule has 2 aromatic heterocycles. The third-order valence-corrected chi connectivity index (χ3v) is 4.07. The van der Waals surface area contributed by atoms with Crippen LogP contribution in [0.5, 0.6) is 0 Å². The summed E-state index contributed by atoms with van der Waals surface area (Å²) in [6.07, 6.45) is 0. The fraction of sp³-hybridized carbons (Fsp3) is 0. The number of halogens is 2. The Morgan fingerprint density at radius 3 is 2.41 bits per heavy atom. The first kappa shape index (κ1) is 16.9. The van der Waals surface area contributed by atoms with Crippen molar-refractivity contribution in [3.8, 4) is 11.3 Å². The molecule has 0 unspecified atom stereocenters. The van der Waals surface area contributed by atoms with E-state index in [1.165, 1.54) is 18.2 Å². The van der Waals surface area contributed by atoms with Gasteiger partial charge in [-0.25, -0.2) is 9.37 Å². The van der Waals surface area contributed by atoms with E-state index in [4.69, 9.17) is 23.1 Å². The van der Waals surface area contributed by atoms with E-state index >= 15 is 0 Å². The number of hydrogen-bond donors (Lipinski definition) is 3. The summed E-state index contributed by atoms with van der Waals surface area (Å²) in [5, 5.41) is 4.26. The smallest absolute Gasteiger partial charge is 0.233 e. The van der Waals surface area contributed by atoms with E-state index in [1.807, 2.05) is 24.3 Å². The molecule has 0 saturated heterocycles. The second-order valence-corrected chi connectivity index (χ2v) is 6.13. The van der Waals surface area contributed by atoms with Crippen LogP contribution in [0.15, 0.2) is 48.5 Å². The van der Waals surface area contributed by atoms with Crippen molar-refractivity contribution in [2.24, 2.45) is 0 Å². The molecule has 2 heterocycles. The number of fused-ring (bicyclic) bond motifs is 1. The van der Waals surface area contributed by atoms with Crippen LogP contribution in [-0.4, -0.2) is 19.9 Å². The van der Waals surface area contributed by atoms with E-state index in [0.717, 1.165) is 5.39 Å². The molecule has 0 bridgehead atoms. The van der Waals surface area contributed by atoms with Gasteiger partial charge in [0.2, 0.25) is 17.8 Å². The predicted molar refractivity (Wildman–Crippen MR) is 104 cm³/mol. The Morgan fingerprint density at radius 2 is 1.63 bits per heavy atom. The highest BCUT2D eigenvalue weighted by Gasteiger charge is 2.13. The molecule has 0 aliphatic carbocycles. The largest absolute Gasteiger partial charge is 0.368 e. The van der Waals surface area contributed by atoms with Crippen molar-refractivity contribution in [3.63, 3.8) is 0 Å². The fourth-order valence-electron chi connectivity index (χ4n) is 2.70. The molecule has 0 amide bonds. The van der Waals surface area contributed by atoms with Gasteiger partial charge in [-0.15, -0.1) is 0 Å². The second kappa shape index (κ2) is 6.65. The fourth-order valence-corrected chi connectivity index (χ4v) is 2.87. The lowest BCUT2D eigenvalue weighted by atomic mass is 10.1. The first-order valence-electron chi connectivity index (χ1n) is 7.89. The van der Waals surface area contributed by atoms with Crippen molar-refractivity contribution in [2.75, 3.05) is 16.8 Å². The monoisotopic (exact) mass is 381 g/mol. The molecule has 4 rings (SSSR count). The average molecular weight is 382 g/mol. The number of rotatable bonds is 3. The number of nitrogen functional groups attached to an aromatic ring is 2. The summed E-state index contributed by atoms with van der Waals surface area (Å²) in [5.41, 5.74) is 13.2. The van der Waals surface area contributed by atoms with Crippen molar-refractivity contribution < 1.29 is 4.39 Å². The molecule has 134 valence electrons. The Balaban J connectivity index is 1.89. The van der Waals surface area contributed by atoms with Gasteiger partial charge in [0.25, 0.3) is 0 Å². The van der Waals surface area contributed by atoms with E-state index in [1.54, 1.807) is 6.07 Å². The van der Waals surface area contributed by atoms with Gasteiger partial charge in [0.15, 0.2) is 0 Å². The summed E-state index contributed by atoms with van der Waals surface area (Å²) in [6.45, 7) is 0. The zero-order valence-corrected chi connectivity index (χ0v) is 14.6. The lowest BCUT2D eigenvalue weighted by Crippen LogP contribution is -2.07. The minimum Gasteiger partial charge on any atom is -0.368 e. The van der Waals surface area contributed by atoms with E-state index < -0.39 is 5.82 Å². The van der Waals surface area contributed by atoms with Gasteiger partial charge in [0.05, 0.1) is 16.9 Å². The lowest BCUT2D eigenvalue weighted by molar-refractivity contribution is 0.631. The van der Waals surface area contributed by atoms with E-state index in [0.29, 0.717) is 21.9 Å². The Morgan fingerprint density at radius 1 is 0.889 bits per heavy atom. The molecule has 0 aliphatic heterocycles. The maximum Gasteiger partial charge on any atom is 0.233 e. The van der Waals surface area contributed by atoms with Gasteiger partial charge in [-0.3, -0.25) is 0 Å². The number of nitrogens with one attached hydrogen (secondary N) is 1. The number of hydrogen-bond acceptors (Lipinski definition) is 7. The Bertz CT molecular complexity index is 1150. The minimum absolute atomic E-state index is 0.00975. The van der Waals surface area contributed by atoms with Gasteiger partial charge in [-0.2, -0.15) is 15.0 Å². The van der Waals surface area contributed by atoms with Crippen LogP contribution in [0.25, 0.3) is 22.2 Å². The SMILES string of the molecule is Nc1nc(N)nc(Nc2cc(-c3cc(Cl)ccc3F)nc3ccccc23)n1. The lowest BCUT2D eigenvalue weighted by Gasteiger charge is -2.12. The first-order chi connectivity index (χ1) is 13.0. The number of nitrogens with zero attached hydrogens (tertiary/aromatic N) is 4. The summed E-state index contributed by atoms with van der Waals surface area (Å²) in [7, 11) is 0. The van der Waals surface area contributed by atoms with E-state index in [-0.39, 0.29) is 23.4 Å². The van der Waals surface area contributed by atoms with Gasteiger partial charge in [0.1, 0.15) is 5.82 Å². The summed E-state index contributed by atoms with van der Waals surface area (Å²) in [5.74, 6) is -0.274. The normalized spacial score (nSPS) is 10.9. The highest BCUT2D eigenvalue weighted by atomic mass is 35.5. The van der Waals surface area contributed by atoms with Gasteiger partial charge >= 0.3 is 0 Å². The molecular formula is C18H13ClFN7. The van der Waals surface area contributed by atoms with Crippen LogP contribution in [0.1, 0.15) is 0 Å². The van der Waals surface area contributed by atoms with E-state index in [2.05, 4.69) is 25.3 Å². The Labute approximate surface area is 158 Å². The van der Waals surface area contributed by atoms with Crippen LogP contribution in [0, 0.1) is 5.82 Å². The summed E-state index contributed by atoms with van der Waals surface area (Å²) in [4.78, 5) is 16.3. The maximum atomic E-state index is 14.3. The number of aromatic nitrogens is 4. The zero-order chi connectivity index (χ0) is 19.0. The second-order valence-electron chi connectivity index (χ2n) is 5.70. The highest BCUT2D eigenvalue weighted by Crippen LogP contribution is 2.32. The Hall–Kier alpha value is -3.52. The molecule has 27 heavy (non-hydrogen) atoms. The minimum atomic E-state index is -0.429. The molecule has 0 radical (unpaired) electrons. The van der Waals surface area contributed by atoms with Crippen LogP contribution < -0.4 is 16.8 Å². The Kier molecular flexibility index (Phi) is 4.17. The topological polar surface area (TPSA) is 116 Å². The number of nitrogens with two attached hydrogens (primary N) is 2. The van der Waals surface area contributed by atoms with Crippen molar-refractivity contribution in [1.29, 1.82) is 0 Å². The molecule has 0 fully saturated rings. The van der Waals surface area contributed by atoms with Gasteiger partial charge < -0.3 is 16.8 Å². The molecule has 2 aromatic carbocycles. The first-order valence-corrected chi connectivity index (χ1v) is 8.26. The number of para-hydroxylation sites is 1. The highest BCUT2D eigenvalue weighted by molar-refractivity contribution is 6.30. The quantitative estimate of drug-likeness (QED) is 0.494. The third-order valence-electron chi connectivity index (χ3n) is 3.84. The van der Waals surface area contributed by atoms with Gasteiger partial charge in [0, 0.05) is 16.0 Å². The van der Waals surface area contributed by atoms with Crippen LogP contribution in [-0.2, 0) is 0 Å². The summed E-state index contributed by atoms with van der Waals surface area (Å²) >= 11 is 6.02. The molecule has 7 nitrogen and oxygen atoms in total. The van der Waals surface area contributed by atoms with Crippen LogP contribution in [0.4, 0.5) is 27.9 Å². The number of anilines is 4. The van der Waals surface area contributed by atoms with Crippen LogP contribution in [0.3, 0.4) is 0 Å². The summed E-state index contributed by atoms with van der Waals surface area (Å²) < 4.78 is 14.3. The number of benzene rings is 2. The molecule has 0 atom stereocenters. The molecule has 9 heteroatoms. The van der Waals surface area contributed by atoms with Crippen LogP contribution in [0.2, 0.25) is 5.02 Å².